The zero-order valence-corrected chi connectivity index (χ0v) is 9.82. The minimum atomic E-state index is -2.80. The average molecular weight is 207 g/mol. The van der Waals surface area contributed by atoms with E-state index in [2.05, 4.69) is 26.1 Å². The molecule has 4 heteroatoms. The van der Waals surface area contributed by atoms with E-state index < -0.39 is 9.84 Å². The molecule has 0 aromatic carbocycles. The Hall–Kier alpha value is -0.0900. The van der Waals surface area contributed by atoms with Crippen molar-refractivity contribution in [3.05, 3.63) is 0 Å². The van der Waals surface area contributed by atoms with Gasteiger partial charge in [-0.2, -0.15) is 0 Å². The van der Waals surface area contributed by atoms with Gasteiger partial charge in [0.05, 0.1) is 5.75 Å². The molecule has 0 amide bonds. The molecule has 0 saturated heterocycles. The van der Waals surface area contributed by atoms with Crippen LogP contribution in [0.1, 0.15) is 20.8 Å². The molecule has 1 atom stereocenters. The van der Waals surface area contributed by atoms with Crippen LogP contribution in [-0.4, -0.2) is 33.5 Å². The Balaban J connectivity index is 3.47. The van der Waals surface area contributed by atoms with Gasteiger partial charge in [0.2, 0.25) is 0 Å². The lowest BCUT2D eigenvalue weighted by Gasteiger charge is -2.15. The monoisotopic (exact) mass is 207 g/mol. The molecule has 0 spiro atoms. The van der Waals surface area contributed by atoms with Crippen molar-refractivity contribution in [3.8, 4) is 0 Å². The maximum absolute atomic E-state index is 10.8. The highest BCUT2D eigenvalue weighted by atomic mass is 32.2. The van der Waals surface area contributed by atoms with Crippen LogP contribution < -0.4 is 5.32 Å². The predicted molar refractivity (Wildman–Crippen MR) is 56.6 cm³/mol. The summed E-state index contributed by atoms with van der Waals surface area (Å²) in [6.07, 6.45) is 1.26. The first-order valence-corrected chi connectivity index (χ1v) is 6.77. The zero-order chi connectivity index (χ0) is 10.5. The van der Waals surface area contributed by atoms with Gasteiger partial charge in [0.25, 0.3) is 0 Å². The Morgan fingerprint density at radius 3 is 2.15 bits per heavy atom. The van der Waals surface area contributed by atoms with Crippen LogP contribution in [0.3, 0.4) is 0 Å². The summed E-state index contributed by atoms with van der Waals surface area (Å²) < 4.78 is 21.5. The Morgan fingerprint density at radius 2 is 1.77 bits per heavy atom. The Kier molecular flexibility index (Phi) is 5.56. The van der Waals surface area contributed by atoms with Crippen molar-refractivity contribution in [3.63, 3.8) is 0 Å². The van der Waals surface area contributed by atoms with Gasteiger partial charge in [-0.1, -0.05) is 20.8 Å². The molecular formula is C9H21NO2S. The van der Waals surface area contributed by atoms with Gasteiger partial charge in [-0.05, 0) is 18.4 Å². The molecule has 1 unspecified atom stereocenters. The second-order valence-electron chi connectivity index (χ2n) is 4.06. The van der Waals surface area contributed by atoms with Crippen LogP contribution in [0.4, 0.5) is 0 Å². The fraction of sp³-hybridized carbons (Fsp3) is 1.00. The number of rotatable bonds is 6. The first kappa shape index (κ1) is 12.9. The van der Waals surface area contributed by atoms with Crippen LogP contribution in [-0.2, 0) is 9.84 Å². The van der Waals surface area contributed by atoms with Crippen molar-refractivity contribution in [1.82, 2.24) is 5.32 Å². The van der Waals surface area contributed by atoms with Crippen molar-refractivity contribution in [2.24, 2.45) is 11.8 Å². The summed E-state index contributed by atoms with van der Waals surface area (Å²) >= 11 is 0. The van der Waals surface area contributed by atoms with Crippen LogP contribution in [0, 0.1) is 11.8 Å². The van der Waals surface area contributed by atoms with E-state index in [1.807, 2.05) is 0 Å². The van der Waals surface area contributed by atoms with Gasteiger partial charge < -0.3 is 5.32 Å². The Bertz CT molecular complexity index is 222. The van der Waals surface area contributed by atoms with Crippen molar-refractivity contribution in [2.45, 2.75) is 20.8 Å². The molecule has 80 valence electrons. The summed E-state index contributed by atoms with van der Waals surface area (Å²) in [6.45, 7) is 7.97. The molecule has 0 aliphatic rings. The summed E-state index contributed by atoms with van der Waals surface area (Å²) in [5, 5.41) is 3.14. The SMILES string of the molecule is CC(C)C(C)CNCCS(C)(=O)=O. The van der Waals surface area contributed by atoms with Gasteiger partial charge in [-0.15, -0.1) is 0 Å². The summed E-state index contributed by atoms with van der Waals surface area (Å²) in [7, 11) is -2.80. The molecule has 0 rings (SSSR count). The van der Waals surface area contributed by atoms with E-state index in [4.69, 9.17) is 0 Å². The maximum atomic E-state index is 10.8. The van der Waals surface area contributed by atoms with Gasteiger partial charge in [-0.25, -0.2) is 8.42 Å². The Labute approximate surface area is 81.8 Å². The van der Waals surface area contributed by atoms with E-state index in [0.29, 0.717) is 18.4 Å². The summed E-state index contributed by atoms with van der Waals surface area (Å²) in [6, 6.07) is 0. The number of hydrogen-bond acceptors (Lipinski definition) is 3. The molecule has 0 aromatic rings. The highest BCUT2D eigenvalue weighted by Crippen LogP contribution is 2.07. The van der Waals surface area contributed by atoms with Crippen molar-refractivity contribution >= 4 is 9.84 Å². The van der Waals surface area contributed by atoms with Crippen LogP contribution in [0.15, 0.2) is 0 Å². The van der Waals surface area contributed by atoms with Crippen molar-refractivity contribution < 1.29 is 8.42 Å². The molecule has 0 heterocycles. The molecule has 13 heavy (non-hydrogen) atoms. The minimum Gasteiger partial charge on any atom is -0.315 e. The molecule has 0 aliphatic carbocycles. The van der Waals surface area contributed by atoms with E-state index in [-0.39, 0.29) is 5.75 Å². The third-order valence-electron chi connectivity index (χ3n) is 2.25. The van der Waals surface area contributed by atoms with Crippen LogP contribution >= 0.6 is 0 Å². The van der Waals surface area contributed by atoms with E-state index in [9.17, 15) is 8.42 Å². The summed E-state index contributed by atoms with van der Waals surface area (Å²) in [5.74, 6) is 1.47. The molecule has 0 bridgehead atoms. The molecule has 0 aromatic heterocycles. The molecule has 0 radical (unpaired) electrons. The first-order chi connectivity index (χ1) is 5.83. The third-order valence-corrected chi connectivity index (χ3v) is 3.20. The quantitative estimate of drug-likeness (QED) is 0.659. The van der Waals surface area contributed by atoms with Crippen LogP contribution in [0.5, 0.6) is 0 Å². The van der Waals surface area contributed by atoms with Gasteiger partial charge in [0.15, 0.2) is 0 Å². The second-order valence-corrected chi connectivity index (χ2v) is 6.32. The minimum absolute atomic E-state index is 0.234. The topological polar surface area (TPSA) is 46.2 Å². The molecule has 0 aliphatic heterocycles. The van der Waals surface area contributed by atoms with E-state index in [0.717, 1.165) is 6.54 Å². The fourth-order valence-corrected chi connectivity index (χ4v) is 1.34. The zero-order valence-electron chi connectivity index (χ0n) is 9.00. The molecule has 0 fully saturated rings. The molecule has 1 N–H and O–H groups in total. The largest absolute Gasteiger partial charge is 0.315 e. The lowest BCUT2D eigenvalue weighted by molar-refractivity contribution is 0.397. The molecule has 0 saturated carbocycles. The standard InChI is InChI=1S/C9H21NO2S/c1-8(2)9(3)7-10-5-6-13(4,11)12/h8-10H,5-7H2,1-4H3. The van der Waals surface area contributed by atoms with Gasteiger partial charge in [-0.3, -0.25) is 0 Å². The van der Waals surface area contributed by atoms with Gasteiger partial charge in [0, 0.05) is 12.8 Å². The van der Waals surface area contributed by atoms with Crippen LogP contribution in [0.2, 0.25) is 0 Å². The molecule has 3 nitrogen and oxygen atoms in total. The summed E-state index contributed by atoms with van der Waals surface area (Å²) in [5.41, 5.74) is 0. The smallest absolute Gasteiger partial charge is 0.148 e. The van der Waals surface area contributed by atoms with Crippen LogP contribution in [0.25, 0.3) is 0 Å². The number of nitrogens with one attached hydrogen (secondary N) is 1. The lowest BCUT2D eigenvalue weighted by Crippen LogP contribution is -2.28. The van der Waals surface area contributed by atoms with Gasteiger partial charge in [0.1, 0.15) is 9.84 Å². The van der Waals surface area contributed by atoms with Gasteiger partial charge >= 0.3 is 0 Å². The number of sulfone groups is 1. The lowest BCUT2D eigenvalue weighted by atomic mass is 9.98. The normalized spacial score (nSPS) is 14.8. The maximum Gasteiger partial charge on any atom is 0.148 e. The Morgan fingerprint density at radius 1 is 1.23 bits per heavy atom. The van der Waals surface area contributed by atoms with Crippen molar-refractivity contribution in [2.75, 3.05) is 25.1 Å². The van der Waals surface area contributed by atoms with E-state index >= 15 is 0 Å². The van der Waals surface area contributed by atoms with Crippen molar-refractivity contribution in [1.29, 1.82) is 0 Å². The first-order valence-electron chi connectivity index (χ1n) is 4.71. The highest BCUT2D eigenvalue weighted by molar-refractivity contribution is 7.90. The van der Waals surface area contributed by atoms with E-state index in [1.54, 1.807) is 0 Å². The van der Waals surface area contributed by atoms with E-state index in [1.165, 1.54) is 6.26 Å². The predicted octanol–water partition coefficient (Wildman–Crippen LogP) is 0.913. The number of hydrogen-bond donors (Lipinski definition) is 1. The average Bonchev–Trinajstić information content (AvgIpc) is 1.95. The third kappa shape index (κ3) is 8.25. The fourth-order valence-electron chi connectivity index (χ4n) is 0.823. The molecular weight excluding hydrogens is 186 g/mol. The summed E-state index contributed by atoms with van der Waals surface area (Å²) in [4.78, 5) is 0. The highest BCUT2D eigenvalue weighted by Gasteiger charge is 2.06. The second kappa shape index (κ2) is 5.60.